The Morgan fingerprint density at radius 1 is 1.50 bits per heavy atom. The molecule has 0 aromatic carbocycles. The fourth-order valence-corrected chi connectivity index (χ4v) is 2.11. The standard InChI is InChI=1S/C14H27N3O3/c1-5-6-13-9-12(17(4)20-19-13)10-16-14(18)11(2)7-8-15-3/h12-13,15H,2,5-10H2,1,3-4H3,(H,16,18). The third-order valence-electron chi connectivity index (χ3n) is 3.45. The van der Waals surface area contributed by atoms with Crippen molar-refractivity contribution in [1.82, 2.24) is 15.7 Å². The first kappa shape index (κ1) is 17.1. The zero-order valence-electron chi connectivity index (χ0n) is 12.8. The van der Waals surface area contributed by atoms with E-state index >= 15 is 0 Å². The van der Waals surface area contributed by atoms with Crippen molar-refractivity contribution in [2.24, 2.45) is 0 Å². The fourth-order valence-electron chi connectivity index (χ4n) is 2.11. The molecule has 1 heterocycles. The number of hydroxylamine groups is 2. The van der Waals surface area contributed by atoms with Gasteiger partial charge in [-0.3, -0.25) is 4.79 Å². The molecular weight excluding hydrogens is 258 g/mol. The van der Waals surface area contributed by atoms with Crippen LogP contribution in [0.15, 0.2) is 12.2 Å². The van der Waals surface area contributed by atoms with Crippen LogP contribution in [0.2, 0.25) is 0 Å². The first-order valence-electron chi connectivity index (χ1n) is 7.25. The number of carbonyl (C=O) groups is 1. The van der Waals surface area contributed by atoms with E-state index in [2.05, 4.69) is 24.1 Å². The highest BCUT2D eigenvalue weighted by atomic mass is 17.3. The minimum atomic E-state index is -0.0906. The summed E-state index contributed by atoms with van der Waals surface area (Å²) in [5.74, 6) is -0.0906. The summed E-state index contributed by atoms with van der Waals surface area (Å²) in [6.07, 6.45) is 3.63. The molecule has 2 unspecified atom stereocenters. The number of amides is 1. The van der Waals surface area contributed by atoms with Gasteiger partial charge in [-0.05, 0) is 32.9 Å². The van der Waals surface area contributed by atoms with E-state index in [9.17, 15) is 4.79 Å². The second kappa shape index (κ2) is 9.07. The molecule has 1 rings (SSSR count). The van der Waals surface area contributed by atoms with Crippen LogP contribution in [-0.2, 0) is 14.7 Å². The van der Waals surface area contributed by atoms with E-state index in [1.165, 1.54) is 0 Å². The molecule has 6 nitrogen and oxygen atoms in total. The molecule has 1 aliphatic heterocycles. The zero-order valence-corrected chi connectivity index (χ0v) is 12.8. The van der Waals surface area contributed by atoms with Crippen LogP contribution in [0.3, 0.4) is 0 Å². The van der Waals surface area contributed by atoms with Crippen LogP contribution in [0.4, 0.5) is 0 Å². The van der Waals surface area contributed by atoms with Gasteiger partial charge in [-0.1, -0.05) is 19.9 Å². The lowest BCUT2D eigenvalue weighted by Crippen LogP contribution is -2.48. The molecule has 6 heteroatoms. The highest BCUT2D eigenvalue weighted by Gasteiger charge is 2.28. The summed E-state index contributed by atoms with van der Waals surface area (Å²) in [6, 6.07) is 0.126. The van der Waals surface area contributed by atoms with Gasteiger partial charge in [-0.2, -0.15) is 5.06 Å². The number of hydrogen-bond acceptors (Lipinski definition) is 5. The molecule has 0 spiro atoms. The van der Waals surface area contributed by atoms with Crippen molar-refractivity contribution in [2.75, 3.05) is 27.2 Å². The van der Waals surface area contributed by atoms with Crippen molar-refractivity contribution in [2.45, 2.75) is 44.8 Å². The molecule has 0 bridgehead atoms. The Kier molecular flexibility index (Phi) is 7.76. The summed E-state index contributed by atoms with van der Waals surface area (Å²) in [6.45, 7) is 7.21. The molecule has 1 aliphatic rings. The lowest BCUT2D eigenvalue weighted by Gasteiger charge is -2.34. The van der Waals surface area contributed by atoms with Crippen LogP contribution in [-0.4, -0.2) is 50.3 Å². The average molecular weight is 285 g/mol. The van der Waals surface area contributed by atoms with Gasteiger partial charge in [-0.25, -0.2) is 4.89 Å². The molecule has 116 valence electrons. The second-order valence-corrected chi connectivity index (χ2v) is 5.18. The molecule has 2 atom stereocenters. The summed E-state index contributed by atoms with van der Waals surface area (Å²) in [5, 5.41) is 7.57. The Labute approximate surface area is 121 Å². The number of rotatable bonds is 8. The fraction of sp³-hybridized carbons (Fsp3) is 0.786. The summed E-state index contributed by atoms with van der Waals surface area (Å²) >= 11 is 0. The van der Waals surface area contributed by atoms with Gasteiger partial charge in [0.05, 0.1) is 12.1 Å². The predicted octanol–water partition coefficient (Wildman–Crippen LogP) is 1.00. The smallest absolute Gasteiger partial charge is 0.246 e. The molecule has 2 N–H and O–H groups in total. The molecule has 0 radical (unpaired) electrons. The molecule has 0 aromatic rings. The summed E-state index contributed by atoms with van der Waals surface area (Å²) in [4.78, 5) is 22.3. The van der Waals surface area contributed by atoms with Gasteiger partial charge in [-0.15, -0.1) is 4.99 Å². The van der Waals surface area contributed by atoms with Crippen molar-refractivity contribution in [3.63, 3.8) is 0 Å². The number of hydrogen-bond donors (Lipinski definition) is 2. The van der Waals surface area contributed by atoms with Gasteiger partial charge >= 0.3 is 0 Å². The second-order valence-electron chi connectivity index (χ2n) is 5.18. The quantitative estimate of drug-likeness (QED) is 0.515. The van der Waals surface area contributed by atoms with Gasteiger partial charge in [0.15, 0.2) is 0 Å². The third kappa shape index (κ3) is 5.58. The molecule has 20 heavy (non-hydrogen) atoms. The molecule has 1 saturated heterocycles. The topological polar surface area (TPSA) is 62.8 Å². The first-order chi connectivity index (χ1) is 9.58. The van der Waals surface area contributed by atoms with Crippen LogP contribution >= 0.6 is 0 Å². The minimum absolute atomic E-state index is 0.0906. The predicted molar refractivity (Wildman–Crippen MR) is 77.7 cm³/mol. The van der Waals surface area contributed by atoms with E-state index < -0.39 is 0 Å². The molecule has 0 aromatic heterocycles. The highest BCUT2D eigenvalue weighted by Crippen LogP contribution is 2.19. The third-order valence-corrected chi connectivity index (χ3v) is 3.45. The summed E-state index contributed by atoms with van der Waals surface area (Å²) < 4.78 is 0. The Balaban J connectivity index is 2.34. The highest BCUT2D eigenvalue weighted by molar-refractivity contribution is 5.92. The van der Waals surface area contributed by atoms with Crippen molar-refractivity contribution >= 4 is 5.91 Å². The molecular formula is C14H27N3O3. The van der Waals surface area contributed by atoms with E-state index in [1.54, 1.807) is 5.06 Å². The van der Waals surface area contributed by atoms with Crippen molar-refractivity contribution in [1.29, 1.82) is 0 Å². The maximum Gasteiger partial charge on any atom is 0.246 e. The Morgan fingerprint density at radius 3 is 2.90 bits per heavy atom. The van der Waals surface area contributed by atoms with Crippen LogP contribution in [0.25, 0.3) is 0 Å². The van der Waals surface area contributed by atoms with E-state index in [0.717, 1.165) is 25.8 Å². The summed E-state index contributed by atoms with van der Waals surface area (Å²) in [7, 11) is 3.67. The van der Waals surface area contributed by atoms with E-state index in [-0.39, 0.29) is 18.1 Å². The number of carbonyl (C=O) groups excluding carboxylic acids is 1. The Bertz CT molecular complexity index is 323. The van der Waals surface area contributed by atoms with E-state index in [4.69, 9.17) is 9.88 Å². The van der Waals surface area contributed by atoms with Crippen molar-refractivity contribution in [3.8, 4) is 0 Å². The lowest BCUT2D eigenvalue weighted by atomic mass is 10.0. The SMILES string of the molecule is C=C(CCNC)C(=O)NCC1CC(CCC)OON1C. The molecule has 0 saturated carbocycles. The van der Waals surface area contributed by atoms with Crippen molar-refractivity contribution in [3.05, 3.63) is 12.2 Å². The largest absolute Gasteiger partial charge is 0.351 e. The van der Waals surface area contributed by atoms with Crippen LogP contribution in [0, 0.1) is 0 Å². The maximum atomic E-state index is 11.9. The normalized spacial score (nSPS) is 23.6. The Hall–Kier alpha value is -0.950. The monoisotopic (exact) mass is 285 g/mol. The van der Waals surface area contributed by atoms with Gasteiger partial charge in [0, 0.05) is 19.2 Å². The molecule has 1 fully saturated rings. The van der Waals surface area contributed by atoms with Gasteiger partial charge in [0.1, 0.15) is 0 Å². The van der Waals surface area contributed by atoms with Crippen LogP contribution in [0.1, 0.15) is 32.6 Å². The van der Waals surface area contributed by atoms with Crippen LogP contribution < -0.4 is 10.6 Å². The van der Waals surface area contributed by atoms with Crippen molar-refractivity contribution < 1.29 is 14.7 Å². The zero-order chi connectivity index (χ0) is 15.0. The molecule has 0 aliphatic carbocycles. The van der Waals surface area contributed by atoms with Gasteiger partial charge in [0.2, 0.25) is 5.91 Å². The van der Waals surface area contributed by atoms with Gasteiger partial charge < -0.3 is 10.6 Å². The lowest BCUT2D eigenvalue weighted by molar-refractivity contribution is -0.473. The minimum Gasteiger partial charge on any atom is -0.351 e. The maximum absolute atomic E-state index is 11.9. The summed E-state index contributed by atoms with van der Waals surface area (Å²) in [5.41, 5.74) is 0.597. The molecule has 1 amide bonds. The van der Waals surface area contributed by atoms with E-state index in [0.29, 0.717) is 18.5 Å². The number of nitrogens with zero attached hydrogens (tertiary/aromatic N) is 1. The first-order valence-corrected chi connectivity index (χ1v) is 7.25. The average Bonchev–Trinajstić information content (AvgIpc) is 2.45. The van der Waals surface area contributed by atoms with Gasteiger partial charge in [0.25, 0.3) is 0 Å². The van der Waals surface area contributed by atoms with E-state index in [1.807, 2.05) is 14.1 Å². The Morgan fingerprint density at radius 2 is 2.25 bits per heavy atom. The number of nitrogens with one attached hydrogen (secondary N) is 2. The number of likely N-dealkylation sites (N-methyl/N-ethyl adjacent to an activating group) is 1. The van der Waals surface area contributed by atoms with Crippen LogP contribution in [0.5, 0.6) is 0 Å².